The van der Waals surface area contributed by atoms with Crippen LogP contribution >= 0.6 is 7.60 Å². The molecular weight excluding hydrogens is 397 g/mol. The third-order valence-electron chi connectivity index (χ3n) is 4.46. The maximum atomic E-state index is 13.6. The lowest BCUT2D eigenvalue weighted by Gasteiger charge is -2.28. The summed E-state index contributed by atoms with van der Waals surface area (Å²) in [7, 11) is -3.45. The molecule has 5 nitrogen and oxygen atoms in total. The van der Waals surface area contributed by atoms with Gasteiger partial charge in [-0.1, -0.05) is 60.7 Å². The van der Waals surface area contributed by atoms with Gasteiger partial charge in [0.1, 0.15) is 12.4 Å². The van der Waals surface area contributed by atoms with Crippen molar-refractivity contribution >= 4 is 13.3 Å². The van der Waals surface area contributed by atoms with Gasteiger partial charge in [0.25, 0.3) is 0 Å². The molecule has 0 saturated heterocycles. The molecule has 0 aliphatic heterocycles. The van der Waals surface area contributed by atoms with Crippen molar-refractivity contribution in [3.05, 3.63) is 96.1 Å². The number of benzene rings is 3. The van der Waals surface area contributed by atoms with Crippen molar-refractivity contribution in [3.8, 4) is 5.75 Å². The number of nitrogens with one attached hydrogen (secondary N) is 1. The molecule has 0 radical (unpaired) electrons. The lowest BCUT2D eigenvalue weighted by atomic mass is 10.2. The van der Waals surface area contributed by atoms with Crippen LogP contribution in [0, 0.1) is 0 Å². The molecule has 158 valence electrons. The molecule has 0 spiro atoms. The second-order valence-corrected chi connectivity index (χ2v) is 8.74. The van der Waals surface area contributed by atoms with Crippen LogP contribution in [0.2, 0.25) is 0 Å². The van der Waals surface area contributed by atoms with E-state index in [1.54, 1.807) is 0 Å². The zero-order valence-corrected chi connectivity index (χ0v) is 18.3. The third kappa shape index (κ3) is 5.96. The van der Waals surface area contributed by atoms with E-state index < -0.39 is 13.4 Å². The molecule has 3 aromatic rings. The third-order valence-corrected chi connectivity index (χ3v) is 6.75. The summed E-state index contributed by atoms with van der Waals surface area (Å²) in [6.07, 6.45) is 0. The van der Waals surface area contributed by atoms with Crippen molar-refractivity contribution in [2.45, 2.75) is 26.2 Å². The summed E-state index contributed by atoms with van der Waals surface area (Å²) in [5.74, 6) is 0.103. The molecule has 0 heterocycles. The Labute approximate surface area is 178 Å². The Balaban J connectivity index is 1.82. The van der Waals surface area contributed by atoms with Crippen molar-refractivity contribution in [1.82, 2.24) is 0 Å². The van der Waals surface area contributed by atoms with Crippen molar-refractivity contribution in [2.75, 3.05) is 18.5 Å². The van der Waals surface area contributed by atoms with E-state index >= 15 is 0 Å². The van der Waals surface area contributed by atoms with Crippen molar-refractivity contribution in [2.24, 2.45) is 0 Å². The van der Waals surface area contributed by atoms with Gasteiger partial charge in [0.2, 0.25) is 0 Å². The Bertz CT molecular complexity index is 922. The molecule has 0 bridgehead atoms. The van der Waals surface area contributed by atoms with E-state index in [9.17, 15) is 4.57 Å². The van der Waals surface area contributed by atoms with Gasteiger partial charge in [0.15, 0.2) is 5.78 Å². The number of rotatable bonds is 11. The fourth-order valence-electron chi connectivity index (χ4n) is 3.07. The summed E-state index contributed by atoms with van der Waals surface area (Å²) in [6.45, 7) is 4.70. The van der Waals surface area contributed by atoms with E-state index in [1.807, 2.05) is 98.8 Å². The van der Waals surface area contributed by atoms with E-state index in [4.69, 9.17) is 13.8 Å². The molecule has 1 atom stereocenters. The second-order valence-electron chi connectivity index (χ2n) is 6.63. The van der Waals surface area contributed by atoms with E-state index in [0.29, 0.717) is 19.8 Å². The minimum Gasteiger partial charge on any atom is -0.489 e. The van der Waals surface area contributed by atoms with Crippen molar-refractivity contribution in [1.29, 1.82) is 0 Å². The number of para-hydroxylation sites is 1. The summed E-state index contributed by atoms with van der Waals surface area (Å²) in [6, 6.07) is 27.2. The van der Waals surface area contributed by atoms with Gasteiger partial charge in [-0.15, -0.1) is 0 Å². The normalized spacial score (nSPS) is 12.3. The van der Waals surface area contributed by atoms with Crippen LogP contribution in [0.25, 0.3) is 0 Å². The average molecular weight is 425 g/mol. The molecule has 0 saturated carbocycles. The zero-order valence-electron chi connectivity index (χ0n) is 17.4. The van der Waals surface area contributed by atoms with Gasteiger partial charge < -0.3 is 19.1 Å². The fourth-order valence-corrected chi connectivity index (χ4v) is 5.01. The summed E-state index contributed by atoms with van der Waals surface area (Å²) in [5, 5.41) is 3.33. The molecule has 0 fully saturated rings. The fraction of sp³-hybridized carbons (Fsp3) is 0.250. The van der Waals surface area contributed by atoms with Crippen LogP contribution in [0.3, 0.4) is 0 Å². The average Bonchev–Trinajstić information content (AvgIpc) is 2.78. The van der Waals surface area contributed by atoms with Crippen molar-refractivity contribution in [3.63, 3.8) is 0 Å². The van der Waals surface area contributed by atoms with Crippen molar-refractivity contribution < 1.29 is 18.3 Å². The predicted molar refractivity (Wildman–Crippen MR) is 121 cm³/mol. The number of hydrogen-bond donors (Lipinski definition) is 1. The first-order valence-electron chi connectivity index (χ1n) is 10.1. The van der Waals surface area contributed by atoms with E-state index in [-0.39, 0.29) is 0 Å². The quantitative estimate of drug-likeness (QED) is 0.349. The molecule has 3 aromatic carbocycles. The monoisotopic (exact) mass is 425 g/mol. The molecule has 3 rings (SSSR count). The highest BCUT2D eigenvalue weighted by Crippen LogP contribution is 2.60. The van der Waals surface area contributed by atoms with Gasteiger partial charge in [0, 0.05) is 5.69 Å². The molecule has 1 unspecified atom stereocenters. The Morgan fingerprint density at radius 3 is 1.93 bits per heavy atom. The lowest BCUT2D eigenvalue weighted by molar-refractivity contribution is 0.214. The van der Waals surface area contributed by atoms with Crippen LogP contribution < -0.4 is 10.1 Å². The molecule has 0 aliphatic carbocycles. The SMILES string of the molecule is CCOP(=O)(OCC)C(Nc1ccccc1)c1ccc(OCc2ccccc2)cc1. The van der Waals surface area contributed by atoms with E-state index in [1.165, 1.54) is 0 Å². The Morgan fingerprint density at radius 2 is 1.37 bits per heavy atom. The predicted octanol–water partition coefficient (Wildman–Crippen LogP) is 6.64. The van der Waals surface area contributed by atoms with Gasteiger partial charge >= 0.3 is 7.60 Å². The lowest BCUT2D eigenvalue weighted by Crippen LogP contribution is -2.15. The Kier molecular flexibility index (Phi) is 8.09. The first kappa shape index (κ1) is 22.1. The van der Waals surface area contributed by atoms with Gasteiger partial charge in [0.05, 0.1) is 13.2 Å². The molecule has 0 aliphatic rings. The van der Waals surface area contributed by atoms with E-state index in [0.717, 1.165) is 22.6 Å². The van der Waals surface area contributed by atoms with Crippen LogP contribution in [0.4, 0.5) is 5.69 Å². The highest BCUT2D eigenvalue weighted by Gasteiger charge is 2.37. The largest absolute Gasteiger partial charge is 0.489 e. The maximum absolute atomic E-state index is 13.6. The highest BCUT2D eigenvalue weighted by molar-refractivity contribution is 7.54. The Morgan fingerprint density at radius 1 is 0.800 bits per heavy atom. The van der Waals surface area contributed by atoms with Crippen LogP contribution in [0.15, 0.2) is 84.9 Å². The van der Waals surface area contributed by atoms with Gasteiger partial charge in [-0.05, 0) is 49.2 Å². The zero-order chi connectivity index (χ0) is 21.2. The smallest absolute Gasteiger partial charge is 0.357 e. The molecule has 6 heteroatoms. The molecular formula is C24H28NO4P. The molecule has 0 amide bonds. The Hall–Kier alpha value is -2.59. The maximum Gasteiger partial charge on any atom is 0.357 e. The summed E-state index contributed by atoms with van der Waals surface area (Å²) >= 11 is 0. The summed E-state index contributed by atoms with van der Waals surface area (Å²) < 4.78 is 30.7. The van der Waals surface area contributed by atoms with Gasteiger partial charge in [-0.3, -0.25) is 4.57 Å². The first-order chi connectivity index (χ1) is 14.6. The number of ether oxygens (including phenoxy) is 1. The molecule has 30 heavy (non-hydrogen) atoms. The number of anilines is 1. The molecule has 1 N–H and O–H groups in total. The first-order valence-corrected chi connectivity index (χ1v) is 11.7. The number of hydrogen-bond acceptors (Lipinski definition) is 5. The van der Waals surface area contributed by atoms with Crippen LogP contribution in [0.1, 0.15) is 30.8 Å². The standard InChI is InChI=1S/C24H28NO4P/c1-3-28-30(26,29-4-2)24(25-22-13-9-6-10-14-22)21-15-17-23(18-16-21)27-19-20-11-7-5-8-12-20/h5-18,24-25H,3-4,19H2,1-2H3. The molecule has 0 aromatic heterocycles. The van der Waals surface area contributed by atoms with Gasteiger partial charge in [-0.25, -0.2) is 0 Å². The highest BCUT2D eigenvalue weighted by atomic mass is 31.2. The minimum absolute atomic E-state index is 0.294. The van der Waals surface area contributed by atoms with Crippen LogP contribution in [-0.2, 0) is 20.2 Å². The topological polar surface area (TPSA) is 56.8 Å². The van der Waals surface area contributed by atoms with Crippen LogP contribution in [-0.4, -0.2) is 13.2 Å². The van der Waals surface area contributed by atoms with Crippen LogP contribution in [0.5, 0.6) is 5.75 Å². The summed E-state index contributed by atoms with van der Waals surface area (Å²) in [4.78, 5) is 0. The van der Waals surface area contributed by atoms with Gasteiger partial charge in [-0.2, -0.15) is 0 Å². The second kappa shape index (κ2) is 11.0. The van der Waals surface area contributed by atoms with E-state index in [2.05, 4.69) is 5.32 Å². The summed E-state index contributed by atoms with van der Waals surface area (Å²) in [5.41, 5.74) is 2.74. The minimum atomic E-state index is -3.45.